The van der Waals surface area contributed by atoms with E-state index < -0.39 is 18.1 Å². The van der Waals surface area contributed by atoms with Crippen molar-refractivity contribution in [3.8, 4) is 0 Å². The Kier molecular flexibility index (Phi) is 11.5. The topological polar surface area (TPSA) is 144 Å². The van der Waals surface area contributed by atoms with Gasteiger partial charge in [0.15, 0.2) is 5.96 Å². The van der Waals surface area contributed by atoms with E-state index in [1.54, 1.807) is 18.2 Å². The molecule has 0 aromatic heterocycles. The van der Waals surface area contributed by atoms with Gasteiger partial charge in [-0.1, -0.05) is 6.07 Å². The van der Waals surface area contributed by atoms with Crippen LogP contribution in [0.25, 0.3) is 0 Å². The number of aliphatic carboxylic acids is 1. The van der Waals surface area contributed by atoms with Crippen LogP contribution in [0.1, 0.15) is 44.0 Å². The third-order valence-electron chi connectivity index (χ3n) is 5.63. The molecular weight excluding hydrogens is 523 g/mol. The minimum absolute atomic E-state index is 0.0295. The van der Waals surface area contributed by atoms with Gasteiger partial charge >= 0.3 is 18.1 Å². The summed E-state index contributed by atoms with van der Waals surface area (Å²) >= 11 is 0. The number of rotatable bonds is 6. The first-order valence-corrected chi connectivity index (χ1v) is 12.5. The number of nitrogens with one attached hydrogen (secondary N) is 2. The second-order valence-corrected chi connectivity index (χ2v) is 10.2. The van der Waals surface area contributed by atoms with E-state index in [0.29, 0.717) is 24.7 Å². The van der Waals surface area contributed by atoms with E-state index in [-0.39, 0.29) is 23.1 Å². The third kappa shape index (κ3) is 11.9. The monoisotopic (exact) mass is 559 g/mol. The zero-order valence-corrected chi connectivity index (χ0v) is 22.3. The van der Waals surface area contributed by atoms with Crippen LogP contribution in [0, 0.1) is 0 Å². The number of guanidine groups is 1. The summed E-state index contributed by atoms with van der Waals surface area (Å²) in [6.07, 6.45) is -2.90. The molecule has 2 aliphatic rings. The molecule has 2 saturated heterocycles. The number of anilines is 1. The number of aliphatic imine (C=N–C) groups is 1. The Bertz CT molecular complexity index is 1010. The summed E-state index contributed by atoms with van der Waals surface area (Å²) in [5.74, 6) is -2.98. The molecule has 0 radical (unpaired) electrons. The number of hydrogen-bond acceptors (Lipinski definition) is 6. The summed E-state index contributed by atoms with van der Waals surface area (Å²) in [6.45, 7) is 10.6. The molecule has 2 aliphatic heterocycles. The van der Waals surface area contributed by atoms with Gasteiger partial charge in [0.2, 0.25) is 5.91 Å². The maximum Gasteiger partial charge on any atom is 0.490 e. The Morgan fingerprint density at radius 3 is 2.26 bits per heavy atom. The molecule has 0 bridgehead atoms. The normalized spacial score (nSPS) is 18.7. The number of piperazine rings is 1. The van der Waals surface area contributed by atoms with Crippen molar-refractivity contribution in [2.75, 3.05) is 51.2 Å². The number of carboxylic acids is 2. The number of carbonyl (C=O) groups excluding carboxylic acids is 1. The van der Waals surface area contributed by atoms with E-state index >= 15 is 0 Å². The van der Waals surface area contributed by atoms with Crippen LogP contribution in [-0.4, -0.2) is 108 Å². The lowest BCUT2D eigenvalue weighted by Gasteiger charge is -2.36. The number of nitrogens with zero attached hydrogens (tertiary/aromatic N) is 3. The number of amides is 1. The summed E-state index contributed by atoms with van der Waals surface area (Å²) < 4.78 is 37.4. The minimum atomic E-state index is -5.08. The molecule has 14 heteroatoms. The fourth-order valence-corrected chi connectivity index (χ4v) is 3.83. The summed E-state index contributed by atoms with van der Waals surface area (Å²) in [5.41, 5.74) is 0.668. The number of carboxylic acid groups (broad SMARTS) is 2. The fraction of sp³-hybridized carbons (Fsp3) is 0.600. The number of hydrogen-bond donors (Lipinski definition) is 4. The largest absolute Gasteiger partial charge is 0.490 e. The predicted molar refractivity (Wildman–Crippen MR) is 138 cm³/mol. The van der Waals surface area contributed by atoms with Gasteiger partial charge in [0.1, 0.15) is 0 Å². The van der Waals surface area contributed by atoms with E-state index in [2.05, 4.69) is 20.4 Å². The highest BCUT2D eigenvalue weighted by atomic mass is 19.4. The Balaban J connectivity index is 0.000000673. The van der Waals surface area contributed by atoms with Crippen molar-refractivity contribution >= 4 is 29.5 Å². The number of halogens is 3. The zero-order chi connectivity index (χ0) is 29.2. The fourth-order valence-electron chi connectivity index (χ4n) is 3.83. The van der Waals surface area contributed by atoms with Crippen molar-refractivity contribution in [2.24, 2.45) is 4.99 Å². The molecular formula is C25H36F3N5O6. The maximum absolute atomic E-state index is 12.3. The smallest absolute Gasteiger partial charge is 0.478 e. The Labute approximate surface area is 225 Å². The number of ether oxygens (including phenoxy) is 1. The van der Waals surface area contributed by atoms with Gasteiger partial charge in [0.05, 0.1) is 24.8 Å². The molecule has 4 N–H and O–H groups in total. The molecule has 0 saturated carbocycles. The van der Waals surface area contributed by atoms with Crippen LogP contribution < -0.4 is 10.6 Å². The van der Waals surface area contributed by atoms with Gasteiger partial charge in [-0.25, -0.2) is 9.59 Å². The molecule has 1 amide bonds. The average Bonchev–Trinajstić information content (AvgIpc) is 3.35. The first kappa shape index (κ1) is 31.8. The predicted octanol–water partition coefficient (Wildman–Crippen LogP) is 2.50. The lowest BCUT2D eigenvalue weighted by Crippen LogP contribution is -2.54. The number of benzene rings is 1. The molecule has 1 atom stereocenters. The van der Waals surface area contributed by atoms with Crippen LogP contribution in [0.4, 0.5) is 18.9 Å². The highest BCUT2D eigenvalue weighted by molar-refractivity contribution is 5.96. The average molecular weight is 560 g/mol. The Morgan fingerprint density at radius 2 is 1.74 bits per heavy atom. The molecule has 3 rings (SSSR count). The van der Waals surface area contributed by atoms with E-state index in [0.717, 1.165) is 45.6 Å². The van der Waals surface area contributed by atoms with Gasteiger partial charge in [-0.05, 0) is 51.8 Å². The first-order chi connectivity index (χ1) is 18.1. The van der Waals surface area contributed by atoms with Gasteiger partial charge < -0.3 is 30.5 Å². The zero-order valence-electron chi connectivity index (χ0n) is 22.3. The SMILES string of the molecule is CC(C)(C)NC(=O)CN1CCN(C(=NCC2CCCO2)Nc2cccc(C(=O)O)c2)CC1.O=C(O)C(F)(F)F. The third-order valence-corrected chi connectivity index (χ3v) is 5.63. The van der Waals surface area contributed by atoms with Crippen molar-refractivity contribution in [2.45, 2.75) is 51.4 Å². The molecule has 2 fully saturated rings. The highest BCUT2D eigenvalue weighted by Gasteiger charge is 2.38. The van der Waals surface area contributed by atoms with E-state index in [1.807, 2.05) is 26.8 Å². The van der Waals surface area contributed by atoms with Crippen LogP contribution in [0.15, 0.2) is 29.3 Å². The number of carbonyl (C=O) groups is 3. The van der Waals surface area contributed by atoms with Crippen molar-refractivity contribution in [1.29, 1.82) is 0 Å². The van der Waals surface area contributed by atoms with Crippen molar-refractivity contribution < 1.29 is 42.5 Å². The van der Waals surface area contributed by atoms with Crippen LogP contribution in [0.2, 0.25) is 0 Å². The molecule has 1 unspecified atom stereocenters. The Hall–Kier alpha value is -3.39. The molecule has 0 spiro atoms. The van der Waals surface area contributed by atoms with Crippen LogP contribution in [-0.2, 0) is 14.3 Å². The highest BCUT2D eigenvalue weighted by Crippen LogP contribution is 2.16. The lowest BCUT2D eigenvalue weighted by atomic mass is 10.1. The lowest BCUT2D eigenvalue weighted by molar-refractivity contribution is -0.192. The van der Waals surface area contributed by atoms with Crippen molar-refractivity contribution in [1.82, 2.24) is 15.1 Å². The van der Waals surface area contributed by atoms with E-state index in [9.17, 15) is 27.9 Å². The number of alkyl halides is 3. The Morgan fingerprint density at radius 1 is 1.10 bits per heavy atom. The van der Waals surface area contributed by atoms with Gasteiger partial charge in [-0.2, -0.15) is 13.2 Å². The van der Waals surface area contributed by atoms with Crippen molar-refractivity contribution in [3.05, 3.63) is 29.8 Å². The summed E-state index contributed by atoms with van der Waals surface area (Å²) in [7, 11) is 0. The molecule has 0 aliphatic carbocycles. The molecule has 218 valence electrons. The summed E-state index contributed by atoms with van der Waals surface area (Å²) in [6, 6.07) is 6.73. The molecule has 1 aromatic rings. The molecule has 11 nitrogen and oxygen atoms in total. The summed E-state index contributed by atoms with van der Waals surface area (Å²) in [4.78, 5) is 41.6. The van der Waals surface area contributed by atoms with Crippen LogP contribution in [0.5, 0.6) is 0 Å². The second kappa shape index (κ2) is 14.1. The van der Waals surface area contributed by atoms with E-state index in [4.69, 9.17) is 19.6 Å². The minimum Gasteiger partial charge on any atom is -0.478 e. The van der Waals surface area contributed by atoms with Gasteiger partial charge in [0, 0.05) is 44.0 Å². The van der Waals surface area contributed by atoms with Gasteiger partial charge in [-0.3, -0.25) is 14.7 Å². The van der Waals surface area contributed by atoms with Crippen LogP contribution in [0.3, 0.4) is 0 Å². The quantitative estimate of drug-likeness (QED) is 0.305. The van der Waals surface area contributed by atoms with Gasteiger partial charge in [-0.15, -0.1) is 0 Å². The first-order valence-electron chi connectivity index (χ1n) is 12.5. The van der Waals surface area contributed by atoms with Crippen LogP contribution >= 0.6 is 0 Å². The maximum atomic E-state index is 12.3. The molecule has 2 heterocycles. The second-order valence-electron chi connectivity index (χ2n) is 10.2. The molecule has 1 aromatic carbocycles. The van der Waals surface area contributed by atoms with E-state index in [1.165, 1.54) is 0 Å². The standard InChI is InChI=1S/C23H35N5O4.C2HF3O2/c1-23(2,3)26-20(29)16-27-9-11-28(12-10-27)22(24-15-19-8-5-13-32-19)25-18-7-4-6-17(14-18)21(30)31;3-2(4,5)1(6)7/h4,6-7,14,19H,5,8-13,15-16H2,1-3H3,(H,24,25)(H,26,29)(H,30,31);(H,6,7). The number of aromatic carboxylic acids is 1. The summed E-state index contributed by atoms with van der Waals surface area (Å²) in [5, 5.41) is 22.7. The van der Waals surface area contributed by atoms with Crippen molar-refractivity contribution in [3.63, 3.8) is 0 Å². The van der Waals surface area contributed by atoms with Gasteiger partial charge in [0.25, 0.3) is 0 Å². The molecule has 39 heavy (non-hydrogen) atoms.